The van der Waals surface area contributed by atoms with E-state index in [-0.39, 0.29) is 18.2 Å². The molecular formula is C21H25F3N4O2. The zero-order valence-electron chi connectivity index (χ0n) is 16.8. The summed E-state index contributed by atoms with van der Waals surface area (Å²) in [6.07, 6.45) is -3.49. The molecule has 2 rings (SSSR count). The minimum atomic E-state index is -4.37. The molecule has 0 unspecified atom stereocenters. The molecule has 30 heavy (non-hydrogen) atoms. The fourth-order valence-electron chi connectivity index (χ4n) is 2.51. The predicted molar refractivity (Wildman–Crippen MR) is 111 cm³/mol. The van der Waals surface area contributed by atoms with Gasteiger partial charge in [0.05, 0.1) is 6.54 Å². The fourth-order valence-corrected chi connectivity index (χ4v) is 2.51. The van der Waals surface area contributed by atoms with Gasteiger partial charge in [-0.3, -0.25) is 9.79 Å². The maximum atomic E-state index is 12.2. The Morgan fingerprint density at radius 1 is 1.07 bits per heavy atom. The largest absolute Gasteiger partial charge is 0.484 e. The van der Waals surface area contributed by atoms with E-state index in [1.807, 2.05) is 31.2 Å². The van der Waals surface area contributed by atoms with Crippen LogP contribution in [0, 0.1) is 0 Å². The first kappa shape index (κ1) is 23.1. The van der Waals surface area contributed by atoms with E-state index in [0.717, 1.165) is 23.2 Å². The summed E-state index contributed by atoms with van der Waals surface area (Å²) < 4.78 is 41.2. The molecule has 0 fully saturated rings. The van der Waals surface area contributed by atoms with Crippen molar-refractivity contribution in [3.8, 4) is 5.75 Å². The van der Waals surface area contributed by atoms with E-state index in [9.17, 15) is 18.0 Å². The Labute approximate surface area is 173 Å². The molecule has 6 nitrogen and oxygen atoms in total. The van der Waals surface area contributed by atoms with Crippen molar-refractivity contribution in [3.05, 3.63) is 59.7 Å². The summed E-state index contributed by atoms with van der Waals surface area (Å²) in [5.41, 5.74) is 2.68. The summed E-state index contributed by atoms with van der Waals surface area (Å²) in [5, 5.41) is 8.77. The Morgan fingerprint density at radius 3 is 2.43 bits per heavy atom. The number of hydrogen-bond acceptors (Lipinski definition) is 3. The molecule has 0 bridgehead atoms. The summed E-state index contributed by atoms with van der Waals surface area (Å²) in [5.74, 6) is 0.352. The Kier molecular flexibility index (Phi) is 8.52. The predicted octanol–water partition coefficient (Wildman–Crippen LogP) is 3.49. The highest BCUT2D eigenvalue weighted by Crippen LogP contribution is 2.18. The van der Waals surface area contributed by atoms with Gasteiger partial charge in [-0.2, -0.15) is 13.2 Å². The van der Waals surface area contributed by atoms with Crippen molar-refractivity contribution in [2.45, 2.75) is 26.1 Å². The quantitative estimate of drug-likeness (QED) is 0.450. The highest BCUT2D eigenvalue weighted by Gasteiger charge is 2.28. The second kappa shape index (κ2) is 11.1. The van der Waals surface area contributed by atoms with Crippen LogP contribution in [0.25, 0.3) is 0 Å². The van der Waals surface area contributed by atoms with Gasteiger partial charge in [0.15, 0.2) is 12.6 Å². The number of nitrogens with zero attached hydrogens (tertiary/aromatic N) is 1. The summed E-state index contributed by atoms with van der Waals surface area (Å²) in [6, 6.07) is 13.9. The monoisotopic (exact) mass is 422 g/mol. The average molecular weight is 422 g/mol. The number of anilines is 1. The van der Waals surface area contributed by atoms with Crippen molar-refractivity contribution >= 4 is 17.6 Å². The second-order valence-electron chi connectivity index (χ2n) is 6.43. The van der Waals surface area contributed by atoms with Crippen LogP contribution in [0.1, 0.15) is 18.1 Å². The van der Waals surface area contributed by atoms with E-state index >= 15 is 0 Å². The van der Waals surface area contributed by atoms with Gasteiger partial charge < -0.3 is 20.7 Å². The number of rotatable bonds is 8. The standard InChI is InChI=1S/C21H25F3N4O2/c1-3-15-5-4-6-17(11-15)28-19(29)13-27-20(25-2)26-12-16-7-9-18(10-8-16)30-14-21(22,23)24/h4-11H,3,12-14H2,1-2H3,(H,28,29)(H2,25,26,27). The maximum Gasteiger partial charge on any atom is 0.422 e. The molecule has 0 radical (unpaired) electrons. The first-order valence-electron chi connectivity index (χ1n) is 9.41. The SMILES string of the molecule is CCc1cccc(NC(=O)CNC(=NC)NCc2ccc(OCC(F)(F)F)cc2)c1. The Balaban J connectivity index is 1.77. The highest BCUT2D eigenvalue weighted by molar-refractivity contribution is 5.95. The molecule has 0 aliphatic carbocycles. The maximum absolute atomic E-state index is 12.2. The number of guanidine groups is 1. The molecule has 0 aromatic heterocycles. The molecule has 2 aromatic rings. The molecule has 0 saturated heterocycles. The van der Waals surface area contributed by atoms with Gasteiger partial charge in [-0.1, -0.05) is 31.2 Å². The molecule has 0 heterocycles. The lowest BCUT2D eigenvalue weighted by atomic mass is 10.1. The Bertz CT molecular complexity index is 852. The van der Waals surface area contributed by atoms with Crippen LogP contribution in [0.2, 0.25) is 0 Å². The molecule has 3 N–H and O–H groups in total. The van der Waals surface area contributed by atoms with E-state index in [4.69, 9.17) is 0 Å². The lowest BCUT2D eigenvalue weighted by Gasteiger charge is -2.13. The van der Waals surface area contributed by atoms with E-state index < -0.39 is 12.8 Å². The van der Waals surface area contributed by atoms with Crippen molar-refractivity contribution in [2.24, 2.45) is 4.99 Å². The summed E-state index contributed by atoms with van der Waals surface area (Å²) in [6.45, 7) is 1.12. The van der Waals surface area contributed by atoms with Gasteiger partial charge in [0.1, 0.15) is 5.75 Å². The van der Waals surface area contributed by atoms with Crippen LogP contribution < -0.4 is 20.7 Å². The first-order valence-corrected chi connectivity index (χ1v) is 9.41. The number of alkyl halides is 3. The van der Waals surface area contributed by atoms with Crippen LogP contribution in [0.5, 0.6) is 5.75 Å². The van der Waals surface area contributed by atoms with Gasteiger partial charge in [0, 0.05) is 19.3 Å². The highest BCUT2D eigenvalue weighted by atomic mass is 19.4. The average Bonchev–Trinajstić information content (AvgIpc) is 2.72. The zero-order valence-corrected chi connectivity index (χ0v) is 16.8. The second-order valence-corrected chi connectivity index (χ2v) is 6.43. The van der Waals surface area contributed by atoms with Gasteiger partial charge in [-0.05, 0) is 41.8 Å². The number of aryl methyl sites for hydroxylation is 1. The number of benzene rings is 2. The van der Waals surface area contributed by atoms with Crippen molar-refractivity contribution in [1.82, 2.24) is 10.6 Å². The van der Waals surface area contributed by atoms with Crippen molar-refractivity contribution in [2.75, 3.05) is 25.5 Å². The van der Waals surface area contributed by atoms with E-state index in [1.165, 1.54) is 12.1 Å². The third-order valence-corrected chi connectivity index (χ3v) is 4.04. The zero-order chi connectivity index (χ0) is 22.0. The van der Waals surface area contributed by atoms with Crippen molar-refractivity contribution in [3.63, 3.8) is 0 Å². The number of carbonyl (C=O) groups is 1. The smallest absolute Gasteiger partial charge is 0.422 e. The molecule has 0 aliphatic rings. The van der Waals surface area contributed by atoms with Crippen molar-refractivity contribution < 1.29 is 22.7 Å². The summed E-state index contributed by atoms with van der Waals surface area (Å²) in [7, 11) is 1.58. The molecule has 1 amide bonds. The van der Waals surface area contributed by atoms with Crippen LogP contribution in [-0.2, 0) is 17.8 Å². The van der Waals surface area contributed by atoms with Crippen LogP contribution in [0.3, 0.4) is 0 Å². The number of nitrogens with one attached hydrogen (secondary N) is 3. The van der Waals surface area contributed by atoms with Gasteiger partial charge in [-0.25, -0.2) is 0 Å². The van der Waals surface area contributed by atoms with Crippen LogP contribution in [0.15, 0.2) is 53.5 Å². The molecule has 0 aliphatic heterocycles. The third-order valence-electron chi connectivity index (χ3n) is 4.04. The number of hydrogen-bond donors (Lipinski definition) is 3. The minimum Gasteiger partial charge on any atom is -0.484 e. The number of ether oxygens (including phenoxy) is 1. The lowest BCUT2D eigenvalue weighted by molar-refractivity contribution is -0.153. The van der Waals surface area contributed by atoms with E-state index in [1.54, 1.807) is 19.2 Å². The number of carbonyl (C=O) groups excluding carboxylic acids is 1. The third kappa shape index (κ3) is 8.42. The summed E-state index contributed by atoms with van der Waals surface area (Å²) >= 11 is 0. The number of aliphatic imine (C=N–C) groups is 1. The lowest BCUT2D eigenvalue weighted by Crippen LogP contribution is -2.41. The normalized spacial score (nSPS) is 11.7. The number of halogens is 3. The molecular weight excluding hydrogens is 397 g/mol. The topological polar surface area (TPSA) is 74.8 Å². The van der Waals surface area contributed by atoms with Crippen LogP contribution >= 0.6 is 0 Å². The molecule has 0 saturated carbocycles. The van der Waals surface area contributed by atoms with E-state index in [0.29, 0.717) is 12.5 Å². The van der Waals surface area contributed by atoms with E-state index in [2.05, 4.69) is 25.7 Å². The Hall–Kier alpha value is -3.23. The Morgan fingerprint density at radius 2 is 1.80 bits per heavy atom. The van der Waals surface area contributed by atoms with Crippen LogP contribution in [-0.4, -0.2) is 38.2 Å². The van der Waals surface area contributed by atoms with Crippen LogP contribution in [0.4, 0.5) is 18.9 Å². The molecule has 9 heteroatoms. The van der Waals surface area contributed by atoms with Gasteiger partial charge in [0.25, 0.3) is 0 Å². The fraction of sp³-hybridized carbons (Fsp3) is 0.333. The first-order chi connectivity index (χ1) is 14.3. The van der Waals surface area contributed by atoms with Gasteiger partial charge in [-0.15, -0.1) is 0 Å². The minimum absolute atomic E-state index is 0.0280. The van der Waals surface area contributed by atoms with Gasteiger partial charge in [0.2, 0.25) is 5.91 Å². The molecule has 0 atom stereocenters. The number of amides is 1. The molecule has 2 aromatic carbocycles. The van der Waals surface area contributed by atoms with Gasteiger partial charge >= 0.3 is 6.18 Å². The van der Waals surface area contributed by atoms with Crippen molar-refractivity contribution in [1.29, 1.82) is 0 Å². The summed E-state index contributed by atoms with van der Waals surface area (Å²) in [4.78, 5) is 16.2. The molecule has 162 valence electrons. The molecule has 0 spiro atoms.